The molecule has 1 saturated heterocycles. The van der Waals surface area contributed by atoms with Crippen LogP contribution in [0, 0.1) is 13.8 Å². The predicted molar refractivity (Wildman–Crippen MR) is 102 cm³/mol. The van der Waals surface area contributed by atoms with Crippen molar-refractivity contribution in [3.63, 3.8) is 0 Å². The first-order chi connectivity index (χ1) is 12.0. The van der Waals surface area contributed by atoms with Crippen LogP contribution in [0.15, 0.2) is 30.3 Å². The number of carbonyl (C=O) groups is 1. The first-order valence-electron chi connectivity index (χ1n) is 8.88. The van der Waals surface area contributed by atoms with Gasteiger partial charge in [-0.25, -0.2) is 0 Å². The lowest BCUT2D eigenvalue weighted by Crippen LogP contribution is -2.36. The van der Waals surface area contributed by atoms with Crippen molar-refractivity contribution in [2.24, 2.45) is 7.05 Å². The summed E-state index contributed by atoms with van der Waals surface area (Å²) in [7, 11) is 1.99. The summed E-state index contributed by atoms with van der Waals surface area (Å²) < 4.78 is 2.05. The Hall–Kier alpha value is -1.78. The van der Waals surface area contributed by atoms with Crippen molar-refractivity contribution in [2.45, 2.75) is 32.7 Å². The summed E-state index contributed by atoms with van der Waals surface area (Å²) in [6, 6.07) is 10.1. The lowest BCUT2D eigenvalue weighted by Gasteiger charge is -2.28. The highest BCUT2D eigenvalue weighted by molar-refractivity contribution is 6.30. The van der Waals surface area contributed by atoms with Gasteiger partial charge in [0.1, 0.15) is 0 Å². The number of amides is 1. The van der Waals surface area contributed by atoms with Crippen molar-refractivity contribution in [3.05, 3.63) is 57.9 Å². The lowest BCUT2D eigenvalue weighted by molar-refractivity contribution is 0.0937. The van der Waals surface area contributed by atoms with Crippen LogP contribution in [-0.4, -0.2) is 35.0 Å². The number of hydrogen-bond donors (Lipinski definition) is 1. The number of benzene rings is 1. The van der Waals surface area contributed by atoms with Gasteiger partial charge in [0, 0.05) is 30.0 Å². The molecule has 0 bridgehead atoms. The SMILES string of the molecule is Cc1cc(C(=O)NCC(c2ccc(Cl)cc2)N2CCCC2)c(C)n1C. The summed E-state index contributed by atoms with van der Waals surface area (Å²) in [5, 5.41) is 3.88. The molecule has 5 heteroatoms. The van der Waals surface area contributed by atoms with Crippen molar-refractivity contribution in [1.29, 1.82) is 0 Å². The molecule has 0 radical (unpaired) electrons. The molecule has 2 heterocycles. The number of carbonyl (C=O) groups excluding carboxylic acids is 1. The van der Waals surface area contributed by atoms with E-state index in [4.69, 9.17) is 11.6 Å². The number of nitrogens with one attached hydrogen (secondary N) is 1. The van der Waals surface area contributed by atoms with Crippen molar-refractivity contribution >= 4 is 17.5 Å². The second-order valence-electron chi connectivity index (χ2n) is 6.86. The molecule has 1 aromatic carbocycles. The topological polar surface area (TPSA) is 37.3 Å². The Bertz CT molecular complexity index is 745. The fourth-order valence-electron chi connectivity index (χ4n) is 3.57. The van der Waals surface area contributed by atoms with Gasteiger partial charge in [0.15, 0.2) is 0 Å². The maximum Gasteiger partial charge on any atom is 0.253 e. The molecule has 1 amide bonds. The molecule has 1 aromatic heterocycles. The fourth-order valence-corrected chi connectivity index (χ4v) is 3.69. The maximum atomic E-state index is 12.7. The number of nitrogens with zero attached hydrogens (tertiary/aromatic N) is 2. The Balaban J connectivity index is 1.75. The number of likely N-dealkylation sites (tertiary alicyclic amines) is 1. The van der Waals surface area contributed by atoms with Crippen LogP contribution in [-0.2, 0) is 7.05 Å². The van der Waals surface area contributed by atoms with E-state index in [1.54, 1.807) is 0 Å². The number of aryl methyl sites for hydroxylation is 1. The highest BCUT2D eigenvalue weighted by atomic mass is 35.5. The van der Waals surface area contributed by atoms with Gasteiger partial charge in [-0.15, -0.1) is 0 Å². The predicted octanol–water partition coefficient (Wildman–Crippen LogP) is 3.86. The lowest BCUT2D eigenvalue weighted by atomic mass is 10.1. The zero-order valence-electron chi connectivity index (χ0n) is 15.2. The average Bonchev–Trinajstić information content (AvgIpc) is 3.21. The number of rotatable bonds is 5. The van der Waals surface area contributed by atoms with E-state index >= 15 is 0 Å². The minimum absolute atomic E-state index is 0.000592. The monoisotopic (exact) mass is 359 g/mol. The molecule has 1 unspecified atom stereocenters. The maximum absolute atomic E-state index is 12.7. The fraction of sp³-hybridized carbons (Fsp3) is 0.450. The summed E-state index contributed by atoms with van der Waals surface area (Å²) in [6.45, 7) is 6.76. The first-order valence-corrected chi connectivity index (χ1v) is 9.26. The summed E-state index contributed by atoms with van der Waals surface area (Å²) in [4.78, 5) is 15.1. The largest absolute Gasteiger partial charge is 0.351 e. The normalized spacial score (nSPS) is 16.2. The molecule has 2 aromatic rings. The molecule has 0 spiro atoms. The van der Waals surface area contributed by atoms with E-state index in [1.807, 2.05) is 43.7 Å². The van der Waals surface area contributed by atoms with Gasteiger partial charge in [-0.3, -0.25) is 9.69 Å². The third-order valence-electron chi connectivity index (χ3n) is 5.31. The van der Waals surface area contributed by atoms with E-state index in [0.717, 1.165) is 35.1 Å². The molecule has 1 atom stereocenters. The molecular weight excluding hydrogens is 334 g/mol. The van der Waals surface area contributed by atoms with Gasteiger partial charge in [-0.2, -0.15) is 0 Å². The second kappa shape index (κ2) is 7.63. The molecule has 4 nitrogen and oxygen atoms in total. The Morgan fingerprint density at radius 2 is 1.84 bits per heavy atom. The molecule has 1 fully saturated rings. The Morgan fingerprint density at radius 1 is 1.20 bits per heavy atom. The van der Waals surface area contributed by atoms with Gasteiger partial charge >= 0.3 is 0 Å². The van der Waals surface area contributed by atoms with E-state index in [1.165, 1.54) is 18.4 Å². The van der Waals surface area contributed by atoms with Gasteiger partial charge in [-0.05, 0) is 63.5 Å². The zero-order chi connectivity index (χ0) is 18.0. The van der Waals surface area contributed by atoms with Gasteiger partial charge < -0.3 is 9.88 Å². The highest BCUT2D eigenvalue weighted by Crippen LogP contribution is 2.26. The molecule has 1 aliphatic heterocycles. The number of hydrogen-bond acceptors (Lipinski definition) is 2. The van der Waals surface area contributed by atoms with Gasteiger partial charge in [0.05, 0.1) is 11.6 Å². The average molecular weight is 360 g/mol. The molecule has 0 aliphatic carbocycles. The Labute approximate surface area is 154 Å². The van der Waals surface area contributed by atoms with Crippen LogP contribution >= 0.6 is 11.6 Å². The summed E-state index contributed by atoms with van der Waals surface area (Å²) in [6.07, 6.45) is 2.43. The molecule has 3 rings (SSSR count). The number of halogens is 1. The van der Waals surface area contributed by atoms with Gasteiger partial charge in [-0.1, -0.05) is 23.7 Å². The molecule has 25 heavy (non-hydrogen) atoms. The highest BCUT2D eigenvalue weighted by Gasteiger charge is 2.24. The van der Waals surface area contributed by atoms with Crippen molar-refractivity contribution in [2.75, 3.05) is 19.6 Å². The Morgan fingerprint density at radius 3 is 2.40 bits per heavy atom. The summed E-state index contributed by atoms with van der Waals surface area (Å²) in [5.41, 5.74) is 4.06. The van der Waals surface area contributed by atoms with E-state index < -0.39 is 0 Å². The standard InChI is InChI=1S/C20H26ClN3O/c1-14-12-18(15(2)23(14)3)20(25)22-13-19(24-10-4-5-11-24)16-6-8-17(21)9-7-16/h6-9,12,19H,4-5,10-11,13H2,1-3H3,(H,22,25). The third-order valence-corrected chi connectivity index (χ3v) is 5.56. The van der Waals surface area contributed by atoms with Crippen LogP contribution in [0.25, 0.3) is 0 Å². The van der Waals surface area contributed by atoms with E-state index in [-0.39, 0.29) is 11.9 Å². The van der Waals surface area contributed by atoms with Crippen molar-refractivity contribution in [3.8, 4) is 0 Å². The molecule has 1 N–H and O–H groups in total. The molecular formula is C20H26ClN3O. The van der Waals surface area contributed by atoms with E-state index in [2.05, 4.69) is 22.3 Å². The van der Waals surface area contributed by atoms with Gasteiger partial charge in [0.25, 0.3) is 5.91 Å². The van der Waals surface area contributed by atoms with Gasteiger partial charge in [0.2, 0.25) is 0 Å². The molecule has 1 aliphatic rings. The van der Waals surface area contributed by atoms with E-state index in [0.29, 0.717) is 6.54 Å². The first kappa shape index (κ1) is 18.0. The van der Waals surface area contributed by atoms with Crippen LogP contribution < -0.4 is 5.32 Å². The van der Waals surface area contributed by atoms with Crippen LogP contribution in [0.2, 0.25) is 5.02 Å². The second-order valence-corrected chi connectivity index (χ2v) is 7.30. The van der Waals surface area contributed by atoms with Crippen molar-refractivity contribution < 1.29 is 4.79 Å². The van der Waals surface area contributed by atoms with E-state index in [9.17, 15) is 4.79 Å². The minimum atomic E-state index is -0.000592. The molecule has 0 saturated carbocycles. The smallest absolute Gasteiger partial charge is 0.253 e. The summed E-state index contributed by atoms with van der Waals surface area (Å²) >= 11 is 6.03. The Kier molecular flexibility index (Phi) is 5.50. The molecule has 134 valence electrons. The zero-order valence-corrected chi connectivity index (χ0v) is 15.9. The van der Waals surface area contributed by atoms with Crippen LogP contribution in [0.4, 0.5) is 0 Å². The van der Waals surface area contributed by atoms with Crippen LogP contribution in [0.5, 0.6) is 0 Å². The van der Waals surface area contributed by atoms with Crippen LogP contribution in [0.1, 0.15) is 46.2 Å². The number of aromatic nitrogens is 1. The van der Waals surface area contributed by atoms with Crippen LogP contribution in [0.3, 0.4) is 0 Å². The summed E-state index contributed by atoms with van der Waals surface area (Å²) in [5.74, 6) is -0.000592. The van der Waals surface area contributed by atoms with Crippen molar-refractivity contribution in [1.82, 2.24) is 14.8 Å². The quantitative estimate of drug-likeness (QED) is 0.880. The minimum Gasteiger partial charge on any atom is -0.351 e. The third kappa shape index (κ3) is 3.91.